The molecule has 0 saturated heterocycles. The number of halogens is 3. The van der Waals surface area contributed by atoms with Crippen LogP contribution < -0.4 is 10.9 Å². The first kappa shape index (κ1) is 18.5. The molecule has 0 atom stereocenters. The van der Waals surface area contributed by atoms with Crippen LogP contribution in [0.4, 0.5) is 5.69 Å². The van der Waals surface area contributed by atoms with E-state index < -0.39 is 11.5 Å². The Morgan fingerprint density at radius 1 is 0.962 bits per heavy atom. The summed E-state index contributed by atoms with van der Waals surface area (Å²) in [6.45, 7) is 0.328. The number of carbonyl (C=O) groups is 1. The fraction of sp³-hybridized carbons (Fsp3) is 0.0526. The van der Waals surface area contributed by atoms with Crippen LogP contribution in [-0.2, 0) is 6.54 Å². The Labute approximate surface area is 164 Å². The SMILES string of the molecule is O=C(Nc1cccc(Cl)c1Cl)c1cccn(Cc2ccc(Cl)cc2)c1=O. The normalized spacial score (nSPS) is 10.6. The summed E-state index contributed by atoms with van der Waals surface area (Å²) in [7, 11) is 0. The number of nitrogens with one attached hydrogen (secondary N) is 1. The average Bonchev–Trinajstić information content (AvgIpc) is 2.62. The van der Waals surface area contributed by atoms with E-state index in [1.807, 2.05) is 12.1 Å². The maximum atomic E-state index is 12.6. The van der Waals surface area contributed by atoms with Crippen molar-refractivity contribution in [3.05, 3.63) is 97.3 Å². The van der Waals surface area contributed by atoms with Gasteiger partial charge in [-0.15, -0.1) is 0 Å². The first-order valence-electron chi connectivity index (χ1n) is 7.65. The molecule has 0 bridgehead atoms. The predicted octanol–water partition coefficient (Wildman–Crippen LogP) is 5.11. The van der Waals surface area contributed by atoms with Crippen molar-refractivity contribution < 1.29 is 4.79 Å². The molecule has 1 amide bonds. The van der Waals surface area contributed by atoms with Crippen molar-refractivity contribution in [3.8, 4) is 0 Å². The van der Waals surface area contributed by atoms with Gasteiger partial charge in [0, 0.05) is 11.2 Å². The Hall–Kier alpha value is -2.27. The highest BCUT2D eigenvalue weighted by atomic mass is 35.5. The van der Waals surface area contributed by atoms with E-state index in [-0.39, 0.29) is 10.6 Å². The second kappa shape index (κ2) is 7.96. The van der Waals surface area contributed by atoms with Crippen molar-refractivity contribution in [2.75, 3.05) is 5.32 Å². The van der Waals surface area contributed by atoms with E-state index in [0.29, 0.717) is 22.3 Å². The van der Waals surface area contributed by atoms with Crippen molar-refractivity contribution in [1.29, 1.82) is 0 Å². The molecule has 26 heavy (non-hydrogen) atoms. The third kappa shape index (κ3) is 4.10. The van der Waals surface area contributed by atoms with Gasteiger partial charge in [-0.25, -0.2) is 0 Å². The summed E-state index contributed by atoms with van der Waals surface area (Å²) >= 11 is 17.9. The monoisotopic (exact) mass is 406 g/mol. The molecule has 1 aromatic heterocycles. The van der Waals surface area contributed by atoms with E-state index in [4.69, 9.17) is 34.8 Å². The Morgan fingerprint density at radius 3 is 2.42 bits per heavy atom. The van der Waals surface area contributed by atoms with Gasteiger partial charge in [0.1, 0.15) is 5.56 Å². The number of hydrogen-bond donors (Lipinski definition) is 1. The molecule has 0 fully saturated rings. The maximum absolute atomic E-state index is 12.6. The molecular formula is C19H13Cl3N2O2. The quantitative estimate of drug-likeness (QED) is 0.653. The summed E-state index contributed by atoms with van der Waals surface area (Å²) in [5.74, 6) is -0.551. The van der Waals surface area contributed by atoms with Gasteiger partial charge in [0.15, 0.2) is 0 Å². The molecule has 3 aromatic rings. The molecule has 132 valence electrons. The van der Waals surface area contributed by atoms with Gasteiger partial charge in [-0.3, -0.25) is 9.59 Å². The van der Waals surface area contributed by atoms with Gasteiger partial charge in [-0.2, -0.15) is 0 Å². The summed E-state index contributed by atoms with van der Waals surface area (Å²) < 4.78 is 1.46. The number of nitrogens with zero attached hydrogens (tertiary/aromatic N) is 1. The van der Waals surface area contributed by atoms with Gasteiger partial charge in [-0.1, -0.05) is 53.0 Å². The number of aromatic nitrogens is 1. The lowest BCUT2D eigenvalue weighted by Gasteiger charge is -2.10. The lowest BCUT2D eigenvalue weighted by molar-refractivity contribution is 0.102. The predicted molar refractivity (Wildman–Crippen MR) is 106 cm³/mol. The Kier molecular flexibility index (Phi) is 5.67. The van der Waals surface area contributed by atoms with Crippen LogP contribution in [0.25, 0.3) is 0 Å². The van der Waals surface area contributed by atoms with Gasteiger partial charge < -0.3 is 9.88 Å². The van der Waals surface area contributed by atoms with E-state index in [9.17, 15) is 9.59 Å². The van der Waals surface area contributed by atoms with E-state index in [1.165, 1.54) is 10.6 Å². The molecule has 0 spiro atoms. The van der Waals surface area contributed by atoms with Crippen LogP contribution in [0.2, 0.25) is 15.1 Å². The minimum atomic E-state index is -0.551. The molecule has 0 aliphatic rings. The second-order valence-corrected chi connectivity index (χ2v) is 6.76. The van der Waals surface area contributed by atoms with Gasteiger partial charge in [0.2, 0.25) is 0 Å². The third-order valence-electron chi connectivity index (χ3n) is 3.73. The topological polar surface area (TPSA) is 51.1 Å². The number of pyridine rings is 1. The molecule has 0 aliphatic carbocycles. The van der Waals surface area contributed by atoms with E-state index in [1.54, 1.807) is 42.6 Å². The molecule has 0 unspecified atom stereocenters. The summed E-state index contributed by atoms with van der Waals surface area (Å²) in [5, 5.41) is 3.78. The third-order valence-corrected chi connectivity index (χ3v) is 4.80. The zero-order valence-corrected chi connectivity index (χ0v) is 15.6. The van der Waals surface area contributed by atoms with Gasteiger partial charge in [0.05, 0.1) is 22.3 Å². The molecule has 3 rings (SSSR count). The second-order valence-electron chi connectivity index (χ2n) is 5.54. The summed E-state index contributed by atoms with van der Waals surface area (Å²) in [6, 6.07) is 15.1. The first-order chi connectivity index (χ1) is 12.5. The van der Waals surface area contributed by atoms with Gasteiger partial charge in [-0.05, 0) is 42.0 Å². The van der Waals surface area contributed by atoms with Crippen molar-refractivity contribution >= 4 is 46.4 Å². The molecule has 0 saturated carbocycles. The van der Waals surface area contributed by atoms with Crippen molar-refractivity contribution in [1.82, 2.24) is 4.57 Å². The number of hydrogen-bond acceptors (Lipinski definition) is 2. The molecular weight excluding hydrogens is 395 g/mol. The highest BCUT2D eigenvalue weighted by Crippen LogP contribution is 2.29. The standard InChI is InChI=1S/C19H13Cl3N2O2/c20-13-8-6-12(7-9-13)11-24-10-2-3-14(19(24)26)18(25)23-16-5-1-4-15(21)17(16)22/h1-10H,11H2,(H,23,25). The minimum Gasteiger partial charge on any atom is -0.320 e. The number of carbonyl (C=O) groups excluding carboxylic acids is 1. The molecule has 2 aromatic carbocycles. The van der Waals surface area contributed by atoms with Crippen molar-refractivity contribution in [2.24, 2.45) is 0 Å². The van der Waals surface area contributed by atoms with Gasteiger partial charge >= 0.3 is 0 Å². The Balaban J connectivity index is 1.86. The minimum absolute atomic E-state index is 0.0116. The number of rotatable bonds is 4. The highest BCUT2D eigenvalue weighted by molar-refractivity contribution is 6.44. The van der Waals surface area contributed by atoms with Crippen molar-refractivity contribution in [2.45, 2.75) is 6.54 Å². The molecule has 1 heterocycles. The van der Waals surface area contributed by atoms with Gasteiger partial charge in [0.25, 0.3) is 11.5 Å². The summed E-state index contributed by atoms with van der Waals surface area (Å²) in [5.41, 5.74) is 0.847. The van der Waals surface area contributed by atoms with E-state index in [0.717, 1.165) is 5.56 Å². The summed E-state index contributed by atoms with van der Waals surface area (Å²) in [6.07, 6.45) is 1.63. The zero-order valence-electron chi connectivity index (χ0n) is 13.4. The van der Waals surface area contributed by atoms with E-state index >= 15 is 0 Å². The first-order valence-corrected chi connectivity index (χ1v) is 8.78. The van der Waals surface area contributed by atoms with Crippen LogP contribution in [0, 0.1) is 0 Å². The zero-order chi connectivity index (χ0) is 18.7. The van der Waals surface area contributed by atoms with Crippen LogP contribution in [0.1, 0.15) is 15.9 Å². The van der Waals surface area contributed by atoms with Crippen LogP contribution >= 0.6 is 34.8 Å². The maximum Gasteiger partial charge on any atom is 0.263 e. The van der Waals surface area contributed by atoms with Crippen LogP contribution in [-0.4, -0.2) is 10.5 Å². The largest absolute Gasteiger partial charge is 0.320 e. The van der Waals surface area contributed by atoms with Crippen LogP contribution in [0.5, 0.6) is 0 Å². The fourth-order valence-electron chi connectivity index (χ4n) is 2.41. The number of amides is 1. The fourth-order valence-corrected chi connectivity index (χ4v) is 2.88. The molecule has 0 radical (unpaired) electrons. The Bertz CT molecular complexity index is 1010. The van der Waals surface area contributed by atoms with Crippen molar-refractivity contribution in [3.63, 3.8) is 0 Å². The lowest BCUT2D eigenvalue weighted by Crippen LogP contribution is -2.29. The molecule has 4 nitrogen and oxygen atoms in total. The number of benzene rings is 2. The molecule has 7 heteroatoms. The summed E-state index contributed by atoms with van der Waals surface area (Å²) in [4.78, 5) is 25.1. The lowest BCUT2D eigenvalue weighted by atomic mass is 10.2. The smallest absolute Gasteiger partial charge is 0.263 e. The van der Waals surface area contributed by atoms with E-state index in [2.05, 4.69) is 5.32 Å². The number of anilines is 1. The molecule has 1 N–H and O–H groups in total. The molecule has 0 aliphatic heterocycles. The van der Waals surface area contributed by atoms with Crippen LogP contribution in [0.15, 0.2) is 65.6 Å². The Morgan fingerprint density at radius 2 is 1.69 bits per heavy atom. The average molecular weight is 408 g/mol. The highest BCUT2D eigenvalue weighted by Gasteiger charge is 2.14. The van der Waals surface area contributed by atoms with Crippen LogP contribution in [0.3, 0.4) is 0 Å².